The summed E-state index contributed by atoms with van der Waals surface area (Å²) in [6, 6.07) is 4.82. The smallest absolute Gasteiger partial charge is 0.246 e. The van der Waals surface area contributed by atoms with Gasteiger partial charge in [-0.1, -0.05) is 13.8 Å². The third-order valence-corrected chi connectivity index (χ3v) is 4.76. The molecule has 0 fully saturated rings. The fourth-order valence-electron chi connectivity index (χ4n) is 1.85. The van der Waals surface area contributed by atoms with Gasteiger partial charge in [0.05, 0.1) is 0 Å². The number of pyridine rings is 1. The summed E-state index contributed by atoms with van der Waals surface area (Å²) in [5.41, 5.74) is -0.0592. The molecule has 0 aliphatic rings. The van der Waals surface area contributed by atoms with Crippen molar-refractivity contribution in [3.05, 3.63) is 24.0 Å². The number of aromatic nitrogens is 1. The Morgan fingerprint density at radius 1 is 1.33 bits per heavy atom. The monoisotopic (exact) mass is 310 g/mol. The maximum absolute atomic E-state index is 12.8. The van der Waals surface area contributed by atoms with Gasteiger partial charge in [0.1, 0.15) is 11.0 Å². The number of sulfonamides is 1. The molecule has 0 spiro atoms. The van der Waals surface area contributed by atoms with E-state index in [4.69, 9.17) is 5.26 Å². The molecule has 0 aliphatic carbocycles. The Labute approximate surface area is 127 Å². The van der Waals surface area contributed by atoms with E-state index in [1.807, 2.05) is 38.9 Å². The Bertz CT molecular complexity index is 606. The van der Waals surface area contributed by atoms with Crippen molar-refractivity contribution in [1.82, 2.24) is 14.2 Å². The zero-order valence-corrected chi connectivity index (χ0v) is 13.8. The third-order valence-electron chi connectivity index (χ3n) is 2.86. The first-order chi connectivity index (χ1) is 9.78. The predicted molar refractivity (Wildman–Crippen MR) is 81.1 cm³/mol. The standard InChI is InChI=1S/C14H22N4O2S/c1-12(2)11-18(9-8-17(3)4)21(19,20)14-6-5-7-16-13(14)10-15/h5-7,12H,8-9,11H2,1-4H3. The highest BCUT2D eigenvalue weighted by atomic mass is 32.2. The van der Waals surface area contributed by atoms with Crippen LogP contribution in [0.4, 0.5) is 0 Å². The average molecular weight is 310 g/mol. The number of nitrogens with zero attached hydrogens (tertiary/aromatic N) is 4. The van der Waals surface area contributed by atoms with Gasteiger partial charge < -0.3 is 4.90 Å². The van der Waals surface area contributed by atoms with E-state index < -0.39 is 10.0 Å². The molecule has 1 rings (SSSR count). The zero-order chi connectivity index (χ0) is 16.0. The van der Waals surface area contributed by atoms with E-state index in [-0.39, 0.29) is 16.5 Å². The predicted octanol–water partition coefficient (Wildman–Crippen LogP) is 1.16. The van der Waals surface area contributed by atoms with Crippen LogP contribution in [0.25, 0.3) is 0 Å². The lowest BCUT2D eigenvalue weighted by molar-refractivity contribution is 0.312. The average Bonchev–Trinajstić information content (AvgIpc) is 2.42. The molecule has 0 saturated carbocycles. The van der Waals surface area contributed by atoms with Crippen LogP contribution in [-0.4, -0.2) is 56.3 Å². The van der Waals surface area contributed by atoms with Gasteiger partial charge in [0.15, 0.2) is 5.69 Å². The Morgan fingerprint density at radius 3 is 2.52 bits per heavy atom. The van der Waals surface area contributed by atoms with Crippen LogP contribution in [0.5, 0.6) is 0 Å². The molecule has 1 aromatic rings. The number of likely N-dealkylation sites (N-methyl/N-ethyl adjacent to an activating group) is 1. The fraction of sp³-hybridized carbons (Fsp3) is 0.571. The first kappa shape index (κ1) is 17.6. The van der Waals surface area contributed by atoms with Crippen LogP contribution < -0.4 is 0 Å². The molecular formula is C14H22N4O2S. The van der Waals surface area contributed by atoms with Gasteiger partial charge in [-0.3, -0.25) is 0 Å². The molecule has 1 heterocycles. The summed E-state index contributed by atoms with van der Waals surface area (Å²) in [4.78, 5) is 5.75. The number of nitriles is 1. The summed E-state index contributed by atoms with van der Waals surface area (Å²) in [5.74, 6) is 0.198. The lowest BCUT2D eigenvalue weighted by atomic mass is 10.2. The minimum absolute atomic E-state index is 0.0214. The van der Waals surface area contributed by atoms with Crippen LogP contribution in [0.2, 0.25) is 0 Å². The normalized spacial score (nSPS) is 12.1. The van der Waals surface area contributed by atoms with Crippen molar-refractivity contribution in [1.29, 1.82) is 5.26 Å². The van der Waals surface area contributed by atoms with E-state index in [2.05, 4.69) is 4.98 Å². The SMILES string of the molecule is CC(C)CN(CCN(C)C)S(=O)(=O)c1cccnc1C#N. The molecule has 0 aromatic carbocycles. The van der Waals surface area contributed by atoms with E-state index in [1.165, 1.54) is 22.6 Å². The quantitative estimate of drug-likeness (QED) is 0.755. The second-order valence-electron chi connectivity index (χ2n) is 5.52. The van der Waals surface area contributed by atoms with Crippen LogP contribution in [0, 0.1) is 17.2 Å². The van der Waals surface area contributed by atoms with Crippen molar-refractivity contribution in [3.8, 4) is 6.07 Å². The molecule has 0 N–H and O–H groups in total. The number of hydrogen-bond acceptors (Lipinski definition) is 5. The zero-order valence-electron chi connectivity index (χ0n) is 12.9. The van der Waals surface area contributed by atoms with Gasteiger partial charge in [0.2, 0.25) is 10.0 Å². The van der Waals surface area contributed by atoms with Crippen LogP contribution in [-0.2, 0) is 10.0 Å². The van der Waals surface area contributed by atoms with Gasteiger partial charge in [-0.05, 0) is 32.1 Å². The second kappa shape index (κ2) is 7.50. The van der Waals surface area contributed by atoms with E-state index in [9.17, 15) is 8.42 Å². The molecule has 1 aromatic heterocycles. The minimum Gasteiger partial charge on any atom is -0.308 e. The maximum Gasteiger partial charge on any atom is 0.246 e. The first-order valence-electron chi connectivity index (χ1n) is 6.79. The Morgan fingerprint density at radius 2 is 2.00 bits per heavy atom. The lowest BCUT2D eigenvalue weighted by Gasteiger charge is -2.25. The van der Waals surface area contributed by atoms with E-state index >= 15 is 0 Å². The van der Waals surface area contributed by atoms with Gasteiger partial charge in [0, 0.05) is 25.8 Å². The number of hydrogen-bond donors (Lipinski definition) is 0. The summed E-state index contributed by atoms with van der Waals surface area (Å²) in [6.45, 7) is 5.34. The largest absolute Gasteiger partial charge is 0.308 e. The maximum atomic E-state index is 12.8. The van der Waals surface area contributed by atoms with Crippen LogP contribution in [0.3, 0.4) is 0 Å². The highest BCUT2D eigenvalue weighted by Gasteiger charge is 2.28. The van der Waals surface area contributed by atoms with Crippen molar-refractivity contribution in [2.24, 2.45) is 5.92 Å². The Balaban J connectivity index is 3.17. The molecule has 0 unspecified atom stereocenters. The van der Waals surface area contributed by atoms with Crippen molar-refractivity contribution in [2.45, 2.75) is 18.7 Å². The molecule has 0 saturated heterocycles. The van der Waals surface area contributed by atoms with Crippen molar-refractivity contribution in [2.75, 3.05) is 33.7 Å². The lowest BCUT2D eigenvalue weighted by Crippen LogP contribution is -2.39. The van der Waals surface area contributed by atoms with Crippen molar-refractivity contribution < 1.29 is 8.42 Å². The summed E-state index contributed by atoms with van der Waals surface area (Å²) in [6.07, 6.45) is 1.42. The van der Waals surface area contributed by atoms with Gasteiger partial charge in [-0.25, -0.2) is 13.4 Å². The Kier molecular flexibility index (Phi) is 6.27. The van der Waals surface area contributed by atoms with Crippen LogP contribution in [0.15, 0.2) is 23.2 Å². The molecule has 0 bridgehead atoms. The van der Waals surface area contributed by atoms with E-state index in [1.54, 1.807) is 0 Å². The van der Waals surface area contributed by atoms with E-state index in [0.717, 1.165) is 0 Å². The highest BCUT2D eigenvalue weighted by Crippen LogP contribution is 2.19. The summed E-state index contributed by atoms with van der Waals surface area (Å²) >= 11 is 0. The molecule has 0 atom stereocenters. The molecule has 0 amide bonds. The van der Waals surface area contributed by atoms with Gasteiger partial charge in [-0.15, -0.1) is 0 Å². The summed E-state index contributed by atoms with van der Waals surface area (Å²) in [7, 11) is 0.0747. The number of rotatable bonds is 7. The summed E-state index contributed by atoms with van der Waals surface area (Å²) < 4.78 is 27.0. The second-order valence-corrected chi connectivity index (χ2v) is 7.43. The van der Waals surface area contributed by atoms with Gasteiger partial charge >= 0.3 is 0 Å². The van der Waals surface area contributed by atoms with Crippen molar-refractivity contribution in [3.63, 3.8) is 0 Å². The molecular weight excluding hydrogens is 288 g/mol. The molecule has 7 heteroatoms. The molecule has 21 heavy (non-hydrogen) atoms. The fourth-order valence-corrected chi connectivity index (χ4v) is 3.54. The van der Waals surface area contributed by atoms with E-state index in [0.29, 0.717) is 19.6 Å². The first-order valence-corrected chi connectivity index (χ1v) is 8.23. The molecule has 0 aliphatic heterocycles. The molecule has 6 nitrogen and oxygen atoms in total. The van der Waals surface area contributed by atoms with Crippen molar-refractivity contribution >= 4 is 10.0 Å². The molecule has 116 valence electrons. The Hall–Kier alpha value is -1.49. The van der Waals surface area contributed by atoms with Crippen LogP contribution >= 0.6 is 0 Å². The minimum atomic E-state index is -3.71. The summed E-state index contributed by atoms with van der Waals surface area (Å²) in [5, 5.41) is 9.06. The highest BCUT2D eigenvalue weighted by molar-refractivity contribution is 7.89. The molecule has 0 radical (unpaired) electrons. The van der Waals surface area contributed by atoms with Gasteiger partial charge in [-0.2, -0.15) is 9.57 Å². The third kappa shape index (κ3) is 4.77. The van der Waals surface area contributed by atoms with Crippen LogP contribution in [0.1, 0.15) is 19.5 Å². The van der Waals surface area contributed by atoms with Gasteiger partial charge in [0.25, 0.3) is 0 Å². The topological polar surface area (TPSA) is 77.3 Å².